The fourth-order valence-electron chi connectivity index (χ4n) is 12.0. The highest BCUT2D eigenvalue weighted by molar-refractivity contribution is 5.95. The van der Waals surface area contributed by atoms with Crippen molar-refractivity contribution in [3.63, 3.8) is 0 Å². The molecule has 6 aliphatic rings. The topological polar surface area (TPSA) is 96.2 Å². The molecule has 4 saturated carbocycles. The average Bonchev–Trinajstić information content (AvgIpc) is 3.76. The molecule has 1 aromatic carbocycles. The number of benzene rings is 1. The normalized spacial score (nSPS) is 44.6. The molecular formula is C40H58O6. The predicted octanol–water partition coefficient (Wildman–Crippen LogP) is 6.44. The molecule has 254 valence electrons. The van der Waals surface area contributed by atoms with Crippen molar-refractivity contribution in [2.75, 3.05) is 13.2 Å². The van der Waals surface area contributed by atoms with Crippen LogP contribution in [0, 0.1) is 46.3 Å². The van der Waals surface area contributed by atoms with Crippen molar-refractivity contribution in [3.8, 4) is 0 Å². The van der Waals surface area contributed by atoms with E-state index in [1.54, 1.807) is 6.92 Å². The maximum Gasteiger partial charge on any atom is 0.159 e. The highest BCUT2D eigenvalue weighted by atomic mass is 16.5. The van der Waals surface area contributed by atoms with Crippen LogP contribution in [-0.4, -0.2) is 63.8 Å². The van der Waals surface area contributed by atoms with Gasteiger partial charge in [-0.2, -0.15) is 0 Å². The fourth-order valence-corrected chi connectivity index (χ4v) is 12.0. The maximum absolute atomic E-state index is 14.0. The molecule has 5 fully saturated rings. The molecule has 0 bridgehead atoms. The number of fused-ring (bicyclic) bond motifs is 5. The van der Waals surface area contributed by atoms with Crippen molar-refractivity contribution in [1.82, 2.24) is 0 Å². The predicted molar refractivity (Wildman–Crippen MR) is 178 cm³/mol. The van der Waals surface area contributed by atoms with E-state index in [0.717, 1.165) is 44.1 Å². The molecule has 5 aliphatic carbocycles. The largest absolute Gasteiger partial charge is 0.387 e. The van der Waals surface area contributed by atoms with E-state index in [1.165, 1.54) is 31.2 Å². The Hall–Kier alpha value is -1.57. The van der Waals surface area contributed by atoms with Crippen molar-refractivity contribution < 1.29 is 29.6 Å². The van der Waals surface area contributed by atoms with Gasteiger partial charge in [0.1, 0.15) is 6.10 Å². The van der Waals surface area contributed by atoms with Crippen LogP contribution in [0.15, 0.2) is 42.0 Å². The molecule has 0 unspecified atom stereocenters. The van der Waals surface area contributed by atoms with Crippen LogP contribution < -0.4 is 0 Å². The van der Waals surface area contributed by atoms with E-state index in [1.807, 2.05) is 12.1 Å². The van der Waals surface area contributed by atoms with E-state index in [0.29, 0.717) is 37.9 Å². The average molecular weight is 635 g/mol. The van der Waals surface area contributed by atoms with Crippen molar-refractivity contribution in [2.45, 2.75) is 134 Å². The van der Waals surface area contributed by atoms with Crippen LogP contribution in [-0.2, 0) is 20.7 Å². The minimum absolute atomic E-state index is 0.0820. The molecule has 0 aromatic heterocycles. The van der Waals surface area contributed by atoms with Crippen LogP contribution in [0.3, 0.4) is 0 Å². The lowest BCUT2D eigenvalue weighted by atomic mass is 9.46. The number of carbonyl (C=O) groups excluding carboxylic acids is 1. The van der Waals surface area contributed by atoms with Crippen molar-refractivity contribution in [1.29, 1.82) is 0 Å². The fraction of sp³-hybridized carbons (Fsp3) is 0.775. The molecule has 0 radical (unpaired) electrons. The van der Waals surface area contributed by atoms with Crippen LogP contribution in [0.25, 0.3) is 0 Å². The third-order valence-electron chi connectivity index (χ3n) is 14.9. The zero-order valence-corrected chi connectivity index (χ0v) is 28.6. The smallest absolute Gasteiger partial charge is 0.159 e. The van der Waals surface area contributed by atoms with Crippen molar-refractivity contribution in [2.24, 2.45) is 46.3 Å². The van der Waals surface area contributed by atoms with Gasteiger partial charge >= 0.3 is 0 Å². The van der Waals surface area contributed by atoms with Gasteiger partial charge in [-0.3, -0.25) is 4.79 Å². The quantitative estimate of drug-likeness (QED) is 0.305. The molecule has 1 saturated heterocycles. The number of carbonyl (C=O) groups is 1. The Bertz CT molecular complexity index is 1300. The number of aliphatic hydroxyl groups excluding tert-OH is 1. The Morgan fingerprint density at radius 1 is 1.02 bits per heavy atom. The van der Waals surface area contributed by atoms with Gasteiger partial charge in [0.15, 0.2) is 5.78 Å². The van der Waals surface area contributed by atoms with Gasteiger partial charge < -0.3 is 24.8 Å². The van der Waals surface area contributed by atoms with E-state index in [2.05, 4.69) is 45.0 Å². The number of hydrogen-bond acceptors (Lipinski definition) is 6. The van der Waals surface area contributed by atoms with Crippen LogP contribution >= 0.6 is 0 Å². The molecule has 46 heavy (non-hydrogen) atoms. The summed E-state index contributed by atoms with van der Waals surface area (Å²) in [7, 11) is 0. The molecular weight excluding hydrogens is 576 g/mol. The second-order valence-corrected chi connectivity index (χ2v) is 17.1. The van der Waals surface area contributed by atoms with E-state index < -0.39 is 28.8 Å². The zero-order chi connectivity index (χ0) is 32.5. The Labute approximate surface area is 276 Å². The van der Waals surface area contributed by atoms with Gasteiger partial charge in [0.2, 0.25) is 0 Å². The van der Waals surface area contributed by atoms with Crippen LogP contribution in [0.5, 0.6) is 0 Å². The van der Waals surface area contributed by atoms with Gasteiger partial charge in [0, 0.05) is 11.3 Å². The molecule has 12 atom stereocenters. The van der Waals surface area contributed by atoms with Gasteiger partial charge in [-0.05, 0) is 111 Å². The van der Waals surface area contributed by atoms with Gasteiger partial charge in [-0.25, -0.2) is 0 Å². The van der Waals surface area contributed by atoms with E-state index in [9.17, 15) is 20.1 Å². The molecule has 0 spiro atoms. The van der Waals surface area contributed by atoms with Gasteiger partial charge in [-0.15, -0.1) is 0 Å². The Morgan fingerprint density at radius 3 is 2.50 bits per heavy atom. The summed E-state index contributed by atoms with van der Waals surface area (Å²) in [6.07, 6.45) is 11.7. The number of hydrogen-bond donors (Lipinski definition) is 3. The lowest BCUT2D eigenvalue weighted by Crippen LogP contribution is -2.63. The molecule has 3 N–H and O–H groups in total. The van der Waals surface area contributed by atoms with Gasteiger partial charge in [-0.1, -0.05) is 76.8 Å². The Balaban J connectivity index is 1.07. The summed E-state index contributed by atoms with van der Waals surface area (Å²) in [5.74, 6) is 1.13. The first kappa shape index (κ1) is 33.0. The molecule has 1 aromatic rings. The van der Waals surface area contributed by atoms with Crippen molar-refractivity contribution in [3.05, 3.63) is 47.5 Å². The second-order valence-electron chi connectivity index (χ2n) is 17.1. The standard InChI is InChI=1S/C40H58O6/c1-25-29(27-12-8-9-13-27)24-46-35(25)36(42)39(4,43)34-16-20-40(44)31-23-33(41)32-22-28(45-21-17-26-10-6-5-7-11-26)14-18-37(32,2)30(31)15-19-38(34,40)3/h5-7,10-11,23,25,27-30,32,34-36,42-44H,8-9,12-22,24H2,1-4H3/t25-,28-,29-,30+,32+,34+,35-,36+,37+,38+,39-,40-/m0/s1. The van der Waals surface area contributed by atoms with E-state index in [-0.39, 0.29) is 41.0 Å². The lowest BCUT2D eigenvalue weighted by molar-refractivity contribution is -0.193. The molecule has 1 heterocycles. The maximum atomic E-state index is 14.0. The summed E-state index contributed by atoms with van der Waals surface area (Å²) >= 11 is 0. The monoisotopic (exact) mass is 634 g/mol. The van der Waals surface area contributed by atoms with Crippen LogP contribution in [0.4, 0.5) is 0 Å². The first-order chi connectivity index (χ1) is 21.9. The molecule has 0 amide bonds. The molecule has 6 heteroatoms. The third kappa shape index (κ3) is 5.11. The van der Waals surface area contributed by atoms with Crippen molar-refractivity contribution >= 4 is 5.78 Å². The summed E-state index contributed by atoms with van der Waals surface area (Å²) in [6, 6.07) is 10.4. The Morgan fingerprint density at radius 2 is 1.76 bits per heavy atom. The number of allylic oxidation sites excluding steroid dienone is 1. The summed E-state index contributed by atoms with van der Waals surface area (Å²) in [6.45, 7) is 9.68. The number of rotatable bonds is 8. The van der Waals surface area contributed by atoms with Crippen LogP contribution in [0.2, 0.25) is 0 Å². The van der Waals surface area contributed by atoms with Gasteiger partial charge in [0.25, 0.3) is 0 Å². The molecule has 6 nitrogen and oxygen atoms in total. The SMILES string of the molecule is C[C@@H]1[C@@H]([C@@H](O)[C@@](C)(O)[C@@H]2CC[C@]3(O)C4=CC(=O)[C@H]5C[C@@H](OCCc6ccccc6)CC[C@]5(C)[C@@H]4CC[C@]23C)OC[C@@H]1C1CCCC1. The molecule has 1 aliphatic heterocycles. The van der Waals surface area contributed by atoms with E-state index >= 15 is 0 Å². The third-order valence-corrected chi connectivity index (χ3v) is 14.9. The first-order valence-corrected chi connectivity index (χ1v) is 18.6. The number of aliphatic hydroxyl groups is 3. The second kappa shape index (κ2) is 12.1. The highest BCUT2D eigenvalue weighted by Crippen LogP contribution is 2.69. The summed E-state index contributed by atoms with van der Waals surface area (Å²) in [4.78, 5) is 14.0. The summed E-state index contributed by atoms with van der Waals surface area (Å²) in [5.41, 5.74) is -1.29. The minimum Gasteiger partial charge on any atom is -0.387 e. The van der Waals surface area contributed by atoms with E-state index in [4.69, 9.17) is 9.47 Å². The van der Waals surface area contributed by atoms with Crippen LogP contribution in [0.1, 0.15) is 104 Å². The van der Waals surface area contributed by atoms with Gasteiger partial charge in [0.05, 0.1) is 36.6 Å². The summed E-state index contributed by atoms with van der Waals surface area (Å²) < 4.78 is 12.6. The summed E-state index contributed by atoms with van der Waals surface area (Å²) in [5, 5.41) is 36.8. The number of ether oxygens (including phenoxy) is 2. The highest BCUT2D eigenvalue weighted by Gasteiger charge is 2.69. The first-order valence-electron chi connectivity index (χ1n) is 18.6. The lowest BCUT2D eigenvalue weighted by Gasteiger charge is -2.60. The molecule has 7 rings (SSSR count). The number of ketones is 1. The zero-order valence-electron chi connectivity index (χ0n) is 28.6. The Kier molecular flexibility index (Phi) is 8.66. The minimum atomic E-state index is -1.42.